The Kier molecular flexibility index (Phi) is 5.63. The average Bonchev–Trinajstić information content (AvgIpc) is 2.45. The molecule has 2 rings (SSSR count). The quantitative estimate of drug-likeness (QED) is 0.782. The van der Waals surface area contributed by atoms with Gasteiger partial charge in [0, 0.05) is 11.1 Å². The molecule has 1 N–H and O–H groups in total. The molecule has 2 aromatic carbocycles. The van der Waals surface area contributed by atoms with Crippen LogP contribution < -0.4 is 5.32 Å². The zero-order valence-corrected chi connectivity index (χ0v) is 13.6. The van der Waals surface area contributed by atoms with E-state index in [-0.39, 0.29) is 16.9 Å². The van der Waals surface area contributed by atoms with Gasteiger partial charge in [0.1, 0.15) is 5.82 Å². The van der Waals surface area contributed by atoms with Crippen molar-refractivity contribution in [3.63, 3.8) is 0 Å². The molecule has 0 aliphatic rings. The predicted molar refractivity (Wildman–Crippen MR) is 87.7 cm³/mol. The molecule has 1 nitrogen and oxygen atoms in total. The molecule has 0 saturated heterocycles. The first-order valence-electron chi connectivity index (χ1n) is 6.94. The largest absolute Gasteiger partial charge is 0.310 e. The number of benzene rings is 2. The van der Waals surface area contributed by atoms with E-state index in [9.17, 15) is 4.39 Å². The van der Waals surface area contributed by atoms with Crippen molar-refractivity contribution in [2.45, 2.75) is 26.3 Å². The average molecular weight is 326 g/mol. The molecule has 0 bridgehead atoms. The molecule has 0 aromatic heterocycles. The first kappa shape index (κ1) is 16.3. The molecule has 0 fully saturated rings. The number of rotatable bonds is 5. The van der Waals surface area contributed by atoms with Gasteiger partial charge in [-0.1, -0.05) is 42.3 Å². The minimum Gasteiger partial charge on any atom is -0.310 e. The topological polar surface area (TPSA) is 12.0 Å². The summed E-state index contributed by atoms with van der Waals surface area (Å²) in [5.41, 5.74) is 3.33. The molecule has 1 atom stereocenters. The van der Waals surface area contributed by atoms with E-state index >= 15 is 0 Å². The SMILES string of the molecule is CCNC(Cc1ccc(F)c(Cl)c1)c1cc(Cl)ccc1C. The molecular formula is C17H18Cl2FN. The lowest BCUT2D eigenvalue weighted by Crippen LogP contribution is -2.23. The monoisotopic (exact) mass is 325 g/mol. The highest BCUT2D eigenvalue weighted by Crippen LogP contribution is 2.26. The van der Waals surface area contributed by atoms with Gasteiger partial charge in [-0.2, -0.15) is 0 Å². The maximum atomic E-state index is 13.3. The minimum atomic E-state index is -0.389. The fourth-order valence-electron chi connectivity index (χ4n) is 2.43. The van der Waals surface area contributed by atoms with E-state index in [1.54, 1.807) is 12.1 Å². The van der Waals surface area contributed by atoms with Gasteiger partial charge in [0.05, 0.1) is 5.02 Å². The van der Waals surface area contributed by atoms with Crippen LogP contribution in [0.4, 0.5) is 4.39 Å². The summed E-state index contributed by atoms with van der Waals surface area (Å²) in [7, 11) is 0. The van der Waals surface area contributed by atoms with Gasteiger partial charge in [-0.3, -0.25) is 0 Å². The predicted octanol–water partition coefficient (Wildman–Crippen LogP) is 5.33. The van der Waals surface area contributed by atoms with Crippen LogP contribution in [0, 0.1) is 12.7 Å². The van der Waals surface area contributed by atoms with Crippen LogP contribution in [0.5, 0.6) is 0 Å². The molecule has 1 unspecified atom stereocenters. The second kappa shape index (κ2) is 7.26. The Bertz CT molecular complexity index is 628. The summed E-state index contributed by atoms with van der Waals surface area (Å²) in [6, 6.07) is 10.9. The zero-order chi connectivity index (χ0) is 15.4. The molecule has 0 aliphatic heterocycles. The van der Waals surface area contributed by atoms with E-state index in [2.05, 4.69) is 19.2 Å². The fraction of sp³-hybridized carbons (Fsp3) is 0.294. The molecule has 0 amide bonds. The molecule has 2 aromatic rings. The van der Waals surface area contributed by atoms with Gasteiger partial charge < -0.3 is 5.32 Å². The molecule has 4 heteroatoms. The van der Waals surface area contributed by atoms with Crippen LogP contribution in [0.1, 0.15) is 29.7 Å². The van der Waals surface area contributed by atoms with Crippen molar-refractivity contribution in [3.05, 3.63) is 69.0 Å². The fourth-order valence-corrected chi connectivity index (χ4v) is 2.81. The van der Waals surface area contributed by atoms with Crippen molar-refractivity contribution in [1.82, 2.24) is 5.32 Å². The summed E-state index contributed by atoms with van der Waals surface area (Å²) in [4.78, 5) is 0. The second-order valence-corrected chi connectivity index (χ2v) is 5.91. The van der Waals surface area contributed by atoms with Gasteiger partial charge in [0.2, 0.25) is 0 Å². The van der Waals surface area contributed by atoms with Crippen LogP contribution in [0.15, 0.2) is 36.4 Å². The summed E-state index contributed by atoms with van der Waals surface area (Å²) < 4.78 is 13.3. The van der Waals surface area contributed by atoms with Crippen LogP contribution in [-0.2, 0) is 6.42 Å². The molecular weight excluding hydrogens is 308 g/mol. The molecule has 0 saturated carbocycles. The summed E-state index contributed by atoms with van der Waals surface area (Å²) in [6.07, 6.45) is 0.731. The first-order valence-corrected chi connectivity index (χ1v) is 7.70. The van der Waals surface area contributed by atoms with E-state index < -0.39 is 0 Å². The molecule has 21 heavy (non-hydrogen) atoms. The van der Waals surface area contributed by atoms with E-state index in [0.29, 0.717) is 0 Å². The standard InChI is InChI=1S/C17H18Cl2FN/c1-3-21-17(14-10-13(18)6-4-11(14)2)9-12-5-7-16(20)15(19)8-12/h4-8,10,17,21H,3,9H2,1-2H3. The van der Waals surface area contributed by atoms with Crippen LogP contribution in [-0.4, -0.2) is 6.54 Å². The minimum absolute atomic E-state index is 0.121. The van der Waals surface area contributed by atoms with Crippen LogP contribution in [0.2, 0.25) is 10.0 Å². The molecule has 112 valence electrons. The number of nitrogens with one attached hydrogen (secondary N) is 1. The van der Waals surface area contributed by atoms with Gasteiger partial charge >= 0.3 is 0 Å². The number of halogens is 3. The lowest BCUT2D eigenvalue weighted by atomic mass is 9.95. The van der Waals surface area contributed by atoms with Crippen molar-refractivity contribution in [1.29, 1.82) is 0 Å². The number of hydrogen-bond acceptors (Lipinski definition) is 1. The van der Waals surface area contributed by atoms with Crippen molar-refractivity contribution in [3.8, 4) is 0 Å². The summed E-state index contributed by atoms with van der Waals surface area (Å²) in [6.45, 7) is 4.96. The summed E-state index contributed by atoms with van der Waals surface area (Å²) >= 11 is 12.0. The van der Waals surface area contributed by atoms with Crippen LogP contribution in [0.25, 0.3) is 0 Å². The van der Waals surface area contributed by atoms with Gasteiger partial charge in [0.25, 0.3) is 0 Å². The summed E-state index contributed by atoms with van der Waals surface area (Å²) in [5.74, 6) is -0.389. The maximum Gasteiger partial charge on any atom is 0.141 e. The van der Waals surface area contributed by atoms with Crippen molar-refractivity contribution in [2.24, 2.45) is 0 Å². The number of hydrogen-bond donors (Lipinski definition) is 1. The second-order valence-electron chi connectivity index (χ2n) is 5.06. The van der Waals surface area contributed by atoms with E-state index in [1.165, 1.54) is 11.6 Å². The van der Waals surface area contributed by atoms with E-state index in [1.807, 2.05) is 18.2 Å². The third-order valence-corrected chi connectivity index (χ3v) is 4.02. The Morgan fingerprint density at radius 1 is 1.14 bits per heavy atom. The Morgan fingerprint density at radius 3 is 2.57 bits per heavy atom. The highest BCUT2D eigenvalue weighted by atomic mass is 35.5. The Hall–Kier alpha value is -1.09. The van der Waals surface area contributed by atoms with Gasteiger partial charge in [-0.25, -0.2) is 4.39 Å². The number of aryl methyl sites for hydroxylation is 1. The van der Waals surface area contributed by atoms with E-state index in [0.717, 1.165) is 29.1 Å². The van der Waals surface area contributed by atoms with Gasteiger partial charge in [-0.05, 0) is 60.8 Å². The Labute approximate surface area is 135 Å². The van der Waals surface area contributed by atoms with Crippen molar-refractivity contribution in [2.75, 3.05) is 6.54 Å². The molecule has 0 spiro atoms. The highest BCUT2D eigenvalue weighted by Gasteiger charge is 2.15. The van der Waals surface area contributed by atoms with Gasteiger partial charge in [0.15, 0.2) is 0 Å². The van der Waals surface area contributed by atoms with Gasteiger partial charge in [-0.15, -0.1) is 0 Å². The Morgan fingerprint density at radius 2 is 1.90 bits per heavy atom. The maximum absolute atomic E-state index is 13.3. The lowest BCUT2D eigenvalue weighted by Gasteiger charge is -2.21. The zero-order valence-electron chi connectivity index (χ0n) is 12.1. The molecule has 0 aliphatic carbocycles. The Balaban J connectivity index is 2.30. The lowest BCUT2D eigenvalue weighted by molar-refractivity contribution is 0.546. The van der Waals surface area contributed by atoms with Crippen LogP contribution >= 0.6 is 23.2 Å². The molecule has 0 radical (unpaired) electrons. The first-order chi connectivity index (χ1) is 10.0. The third-order valence-electron chi connectivity index (χ3n) is 3.49. The van der Waals surface area contributed by atoms with E-state index in [4.69, 9.17) is 23.2 Å². The molecule has 0 heterocycles. The number of likely N-dealkylation sites (N-methyl/N-ethyl adjacent to an activating group) is 1. The highest BCUT2D eigenvalue weighted by molar-refractivity contribution is 6.31. The summed E-state index contributed by atoms with van der Waals surface area (Å²) in [5, 5.41) is 4.33. The van der Waals surface area contributed by atoms with Crippen molar-refractivity contribution >= 4 is 23.2 Å². The smallest absolute Gasteiger partial charge is 0.141 e. The normalized spacial score (nSPS) is 12.4. The van der Waals surface area contributed by atoms with Crippen molar-refractivity contribution < 1.29 is 4.39 Å². The third kappa shape index (κ3) is 4.19. The van der Waals surface area contributed by atoms with Crippen LogP contribution in [0.3, 0.4) is 0 Å².